The molecule has 33 heavy (non-hydrogen) atoms. The van der Waals surface area contributed by atoms with E-state index in [1.165, 1.54) is 48.5 Å². The van der Waals surface area contributed by atoms with Gasteiger partial charge in [-0.2, -0.15) is 16.8 Å². The number of benzene rings is 2. The number of hydrogen-bond acceptors (Lipinski definition) is 8. The number of carbonyl (C=O) groups excluding carboxylic acids is 4. The van der Waals surface area contributed by atoms with Gasteiger partial charge in [0.05, 0.1) is 0 Å². The first-order chi connectivity index (χ1) is 14.8. The van der Waals surface area contributed by atoms with E-state index in [1.807, 2.05) is 0 Å². The van der Waals surface area contributed by atoms with Crippen molar-refractivity contribution in [2.24, 2.45) is 0 Å². The molecule has 2 aliphatic rings. The van der Waals surface area contributed by atoms with Gasteiger partial charge in [-0.3, -0.25) is 28.3 Å². The van der Waals surface area contributed by atoms with Gasteiger partial charge in [-0.15, -0.1) is 0 Å². The summed E-state index contributed by atoms with van der Waals surface area (Å²) in [6.07, 6.45) is 1.28. The minimum absolute atomic E-state index is 0. The molecule has 0 aromatic heterocycles. The summed E-state index contributed by atoms with van der Waals surface area (Å²) in [6.45, 7) is 0. The van der Waals surface area contributed by atoms with E-state index in [4.69, 9.17) is 9.11 Å². The van der Waals surface area contributed by atoms with Gasteiger partial charge in [0, 0.05) is 51.2 Å². The minimum Gasteiger partial charge on any atom is -0.286 e. The van der Waals surface area contributed by atoms with Crippen LogP contribution in [-0.4, -0.2) is 49.1 Å². The average Bonchev–Trinajstić information content (AvgIpc) is 2.72. The van der Waals surface area contributed by atoms with E-state index in [-0.39, 0.29) is 39.0 Å². The van der Waals surface area contributed by atoms with Crippen molar-refractivity contribution in [2.75, 3.05) is 0 Å². The Hall–Kier alpha value is -3.07. The molecule has 0 spiro atoms. The summed E-state index contributed by atoms with van der Waals surface area (Å²) >= 11 is 0. The van der Waals surface area contributed by atoms with Crippen LogP contribution in [0.15, 0.2) is 60.7 Å². The van der Waals surface area contributed by atoms with Crippen LogP contribution in [0.5, 0.6) is 0 Å². The third-order valence-electron chi connectivity index (χ3n) is 4.40. The normalized spacial score (nSPS) is 15.2. The van der Waals surface area contributed by atoms with Crippen molar-refractivity contribution in [1.82, 2.24) is 0 Å². The maximum absolute atomic E-state index is 11.4. The molecule has 4 rings (SSSR count). The van der Waals surface area contributed by atoms with Crippen LogP contribution in [0.25, 0.3) is 9.81 Å². The van der Waals surface area contributed by atoms with Crippen molar-refractivity contribution in [2.45, 2.75) is 0 Å². The van der Waals surface area contributed by atoms with E-state index in [1.54, 1.807) is 0 Å². The predicted molar refractivity (Wildman–Crippen MR) is 111 cm³/mol. The summed E-state index contributed by atoms with van der Waals surface area (Å²) in [5.74, 6) is -3.45. The summed E-state index contributed by atoms with van der Waals surface area (Å²) in [5, 5.41) is 0. The van der Waals surface area contributed by atoms with Crippen molar-refractivity contribution in [3.05, 3.63) is 82.9 Å². The van der Waals surface area contributed by atoms with E-state index in [0.717, 1.165) is 0 Å². The Morgan fingerprint density at radius 3 is 1.06 bits per heavy atom. The summed E-state index contributed by atoms with van der Waals surface area (Å²) in [6, 6.07) is 11.5. The van der Waals surface area contributed by atoms with Gasteiger partial charge < -0.3 is 0 Å². The fraction of sp³-hybridized carbons (Fsp3) is 0. The minimum atomic E-state index is -4.51. The van der Waals surface area contributed by atoms with Gasteiger partial charge in [-0.1, -0.05) is 48.5 Å². The van der Waals surface area contributed by atoms with Gasteiger partial charge in [0.25, 0.3) is 20.2 Å². The van der Waals surface area contributed by atoms with Gasteiger partial charge in [-0.05, 0) is 0 Å². The van der Waals surface area contributed by atoms with Crippen molar-refractivity contribution >= 4 is 53.2 Å². The first-order valence-corrected chi connectivity index (χ1v) is 11.4. The summed E-state index contributed by atoms with van der Waals surface area (Å²) in [4.78, 5) is 44.2. The zero-order valence-corrected chi connectivity index (χ0v) is 18.8. The maximum Gasteiger partial charge on any atom is 0.295 e. The zero-order valence-electron chi connectivity index (χ0n) is 16.1. The van der Waals surface area contributed by atoms with Crippen LogP contribution >= 0.6 is 0 Å². The fourth-order valence-corrected chi connectivity index (χ4v) is 4.43. The molecule has 0 saturated heterocycles. The van der Waals surface area contributed by atoms with E-state index in [0.29, 0.717) is 12.2 Å². The fourth-order valence-electron chi connectivity index (χ4n) is 3.01. The Morgan fingerprint density at radius 2 is 0.788 bits per heavy atom. The van der Waals surface area contributed by atoms with Crippen LogP contribution in [0, 0.1) is 0 Å². The van der Waals surface area contributed by atoms with Crippen LogP contribution in [0.2, 0.25) is 0 Å². The van der Waals surface area contributed by atoms with Crippen molar-refractivity contribution in [1.29, 1.82) is 0 Å². The number of ketones is 4. The molecule has 0 saturated carbocycles. The molecule has 2 aliphatic carbocycles. The van der Waals surface area contributed by atoms with Gasteiger partial charge in [0.15, 0.2) is 0 Å². The Labute approximate surface area is 197 Å². The number of rotatable bonds is 2. The largest absolute Gasteiger partial charge is 0.295 e. The molecular weight excluding hydrogens is 523 g/mol. The molecule has 0 heterocycles. The number of hydrogen-bond donors (Lipinski definition) is 2. The second-order valence-electron chi connectivity index (χ2n) is 6.45. The van der Waals surface area contributed by atoms with Gasteiger partial charge in [0.2, 0.25) is 23.1 Å². The third-order valence-corrected chi connectivity index (χ3v) is 6.19. The second kappa shape index (κ2) is 9.42. The third kappa shape index (κ3) is 5.30. The molecule has 1 radical (unpaired) electrons. The number of allylic oxidation sites excluding steroid dienone is 2. The molecule has 10 nitrogen and oxygen atoms in total. The second-order valence-corrected chi connectivity index (χ2v) is 9.23. The van der Waals surface area contributed by atoms with Crippen LogP contribution < -0.4 is 0 Å². The monoisotopic (exact) mass is 535 g/mol. The standard InChI is InChI=1S/2C10H6O5S.Co/c2*11-8-5-9(16(13,14)15)6-3-1-2-4-7(6)10(8)12;/h2*1-5H,(H,13,14,15);. The van der Waals surface area contributed by atoms with Crippen LogP contribution in [0.3, 0.4) is 0 Å². The van der Waals surface area contributed by atoms with Crippen molar-refractivity contribution in [3.8, 4) is 0 Å². The molecule has 0 bridgehead atoms. The molecule has 173 valence electrons. The van der Waals surface area contributed by atoms with E-state index >= 15 is 0 Å². The zero-order chi connectivity index (χ0) is 23.8. The van der Waals surface area contributed by atoms with Gasteiger partial charge in [-0.25, -0.2) is 0 Å². The summed E-state index contributed by atoms with van der Waals surface area (Å²) < 4.78 is 62.0. The molecule has 0 atom stereocenters. The molecule has 13 heteroatoms. The summed E-state index contributed by atoms with van der Waals surface area (Å²) in [7, 11) is -9.02. The molecule has 0 aliphatic heterocycles. The SMILES string of the molecule is O=C1C=C(S(=O)(=O)O)c2ccccc2C1=O.O=C1C=C(S(=O)(=O)O)c2ccccc2C1=O.[Co]. The Kier molecular flexibility index (Phi) is 7.48. The van der Waals surface area contributed by atoms with Crippen molar-refractivity contribution in [3.63, 3.8) is 0 Å². The molecule has 2 N–H and O–H groups in total. The van der Waals surface area contributed by atoms with Crippen molar-refractivity contribution < 1.29 is 61.9 Å². The molecule has 0 fully saturated rings. The number of carbonyl (C=O) groups is 4. The van der Waals surface area contributed by atoms with E-state index in [9.17, 15) is 36.0 Å². The molecular formula is C20H12CoO10S2. The van der Waals surface area contributed by atoms with Crippen LogP contribution in [-0.2, 0) is 46.6 Å². The smallest absolute Gasteiger partial charge is 0.286 e. The van der Waals surface area contributed by atoms with Gasteiger partial charge in [0.1, 0.15) is 9.81 Å². The molecule has 0 unspecified atom stereocenters. The molecule has 0 amide bonds. The van der Waals surface area contributed by atoms with E-state index < -0.39 is 53.2 Å². The Bertz CT molecular complexity index is 1370. The van der Waals surface area contributed by atoms with E-state index in [2.05, 4.69) is 0 Å². The first-order valence-electron chi connectivity index (χ1n) is 8.57. The van der Waals surface area contributed by atoms with Crippen LogP contribution in [0.4, 0.5) is 0 Å². The van der Waals surface area contributed by atoms with Crippen LogP contribution in [0.1, 0.15) is 31.8 Å². The Balaban J connectivity index is 0.000000227. The maximum atomic E-state index is 11.4. The number of Topliss-reactive ketones (excluding diaryl/α,β-unsaturated/α-hetero) is 2. The topological polar surface area (TPSA) is 177 Å². The summed E-state index contributed by atoms with van der Waals surface area (Å²) in [5.41, 5.74) is 0.0782. The first kappa shape index (κ1) is 26.2. The molecule has 2 aromatic rings. The van der Waals surface area contributed by atoms with Gasteiger partial charge >= 0.3 is 0 Å². The number of fused-ring (bicyclic) bond motifs is 2. The predicted octanol–water partition coefficient (Wildman–Crippen LogP) is 1.36. The quantitative estimate of drug-likeness (QED) is 0.422. The molecule has 2 aromatic carbocycles. The Morgan fingerprint density at radius 1 is 0.515 bits per heavy atom. The average molecular weight is 535 g/mol.